The Bertz CT molecular complexity index is 451. The van der Waals surface area contributed by atoms with Crippen LogP contribution in [0.3, 0.4) is 0 Å². The van der Waals surface area contributed by atoms with E-state index in [1.54, 1.807) is 24.7 Å². The number of imidazole rings is 1. The molecule has 16 heavy (non-hydrogen) atoms. The average molecular weight is 239 g/mol. The number of benzene rings is 1. The van der Waals surface area contributed by atoms with Crippen LogP contribution in [0.5, 0.6) is 0 Å². The number of hydrogen-bond donors (Lipinski definition) is 1. The fourth-order valence-corrected chi connectivity index (χ4v) is 1.34. The molecule has 5 heteroatoms. The number of nitrogens with zero attached hydrogens (tertiary/aromatic N) is 2. The Balaban J connectivity index is 0.00000128. The van der Waals surface area contributed by atoms with Gasteiger partial charge in [0.25, 0.3) is 0 Å². The molecule has 0 spiro atoms. The first-order chi connectivity index (χ1) is 7.25. The van der Waals surface area contributed by atoms with Crippen molar-refractivity contribution in [2.24, 2.45) is 0 Å². The molecule has 2 rings (SSSR count). The van der Waals surface area contributed by atoms with Crippen LogP contribution in [-0.4, -0.2) is 20.6 Å². The lowest BCUT2D eigenvalue weighted by Gasteiger charge is -2.02. The van der Waals surface area contributed by atoms with E-state index in [1.807, 2.05) is 22.9 Å². The Hall–Kier alpha value is -1.81. The highest BCUT2D eigenvalue weighted by Gasteiger charge is 2.01. The van der Waals surface area contributed by atoms with Gasteiger partial charge < -0.3 is 9.67 Å². The minimum Gasteiger partial charge on any atom is -0.478 e. The van der Waals surface area contributed by atoms with Crippen molar-refractivity contribution >= 4 is 18.4 Å². The minimum absolute atomic E-state index is 0. The standard InChI is InChI=1S/C11H10N2O2.ClH/c14-11(15)10-3-1-9(2-4-10)7-13-6-5-12-8-13;/h1-6,8H,7H2,(H,14,15);1H. The maximum absolute atomic E-state index is 10.6. The van der Waals surface area contributed by atoms with Crippen LogP contribution in [0.15, 0.2) is 43.0 Å². The van der Waals surface area contributed by atoms with Gasteiger partial charge >= 0.3 is 5.97 Å². The van der Waals surface area contributed by atoms with Gasteiger partial charge in [0.05, 0.1) is 11.9 Å². The smallest absolute Gasteiger partial charge is 0.335 e. The topological polar surface area (TPSA) is 55.1 Å². The molecule has 0 aliphatic carbocycles. The Morgan fingerprint density at radius 2 is 2.00 bits per heavy atom. The van der Waals surface area contributed by atoms with Gasteiger partial charge in [0.1, 0.15) is 0 Å². The number of aromatic nitrogens is 2. The summed E-state index contributed by atoms with van der Waals surface area (Å²) in [5.74, 6) is -0.899. The Morgan fingerprint density at radius 1 is 1.31 bits per heavy atom. The van der Waals surface area contributed by atoms with Crippen LogP contribution < -0.4 is 0 Å². The summed E-state index contributed by atoms with van der Waals surface area (Å²) in [5.41, 5.74) is 1.36. The van der Waals surface area contributed by atoms with E-state index < -0.39 is 5.97 Å². The third kappa shape index (κ3) is 2.84. The number of aromatic carboxylic acids is 1. The van der Waals surface area contributed by atoms with Gasteiger partial charge in [0.15, 0.2) is 0 Å². The van der Waals surface area contributed by atoms with Crippen molar-refractivity contribution in [3.63, 3.8) is 0 Å². The number of carbonyl (C=O) groups is 1. The van der Waals surface area contributed by atoms with Crippen molar-refractivity contribution < 1.29 is 9.90 Å². The zero-order chi connectivity index (χ0) is 10.7. The molecule has 1 heterocycles. The summed E-state index contributed by atoms with van der Waals surface area (Å²) in [5, 5.41) is 8.72. The molecule has 0 saturated heterocycles. The van der Waals surface area contributed by atoms with Gasteiger partial charge in [-0.15, -0.1) is 12.4 Å². The van der Waals surface area contributed by atoms with E-state index in [-0.39, 0.29) is 12.4 Å². The molecule has 0 aliphatic rings. The van der Waals surface area contributed by atoms with Gasteiger partial charge in [-0.25, -0.2) is 9.78 Å². The van der Waals surface area contributed by atoms with Crippen molar-refractivity contribution in [3.8, 4) is 0 Å². The van der Waals surface area contributed by atoms with Crippen molar-refractivity contribution in [3.05, 3.63) is 54.1 Å². The molecular formula is C11H11ClN2O2. The normalized spacial score (nSPS) is 9.50. The van der Waals surface area contributed by atoms with Crippen LogP contribution in [0.1, 0.15) is 15.9 Å². The summed E-state index contributed by atoms with van der Waals surface area (Å²) in [6.07, 6.45) is 5.31. The zero-order valence-corrected chi connectivity index (χ0v) is 9.22. The number of carboxylic acid groups (broad SMARTS) is 1. The van der Waals surface area contributed by atoms with E-state index in [2.05, 4.69) is 4.98 Å². The fraction of sp³-hybridized carbons (Fsp3) is 0.0909. The molecule has 0 atom stereocenters. The summed E-state index contributed by atoms with van der Waals surface area (Å²) in [6.45, 7) is 0.708. The highest BCUT2D eigenvalue weighted by atomic mass is 35.5. The minimum atomic E-state index is -0.899. The van der Waals surface area contributed by atoms with Crippen molar-refractivity contribution in [1.29, 1.82) is 0 Å². The zero-order valence-electron chi connectivity index (χ0n) is 8.41. The van der Waals surface area contributed by atoms with E-state index in [1.165, 1.54) is 0 Å². The Labute approximate surface area is 99.0 Å². The summed E-state index contributed by atoms with van der Waals surface area (Å²) >= 11 is 0. The monoisotopic (exact) mass is 238 g/mol. The van der Waals surface area contributed by atoms with Crippen molar-refractivity contribution in [2.45, 2.75) is 6.54 Å². The second kappa shape index (κ2) is 5.32. The number of carboxylic acids is 1. The van der Waals surface area contributed by atoms with Gasteiger partial charge in [0, 0.05) is 18.9 Å². The summed E-state index contributed by atoms with van der Waals surface area (Å²) in [7, 11) is 0. The van der Waals surface area contributed by atoms with Crippen molar-refractivity contribution in [2.75, 3.05) is 0 Å². The van der Waals surface area contributed by atoms with Crippen LogP contribution in [0.2, 0.25) is 0 Å². The largest absolute Gasteiger partial charge is 0.478 e. The average Bonchev–Trinajstić information content (AvgIpc) is 2.71. The van der Waals surface area contributed by atoms with Gasteiger partial charge in [-0.2, -0.15) is 0 Å². The lowest BCUT2D eigenvalue weighted by atomic mass is 10.1. The Morgan fingerprint density at radius 3 is 2.50 bits per heavy atom. The fourth-order valence-electron chi connectivity index (χ4n) is 1.34. The molecule has 0 amide bonds. The van der Waals surface area contributed by atoms with E-state index in [0.29, 0.717) is 12.1 Å². The van der Waals surface area contributed by atoms with E-state index in [4.69, 9.17) is 5.11 Å². The molecule has 1 N–H and O–H groups in total. The van der Waals surface area contributed by atoms with Crippen LogP contribution >= 0.6 is 12.4 Å². The maximum atomic E-state index is 10.6. The molecule has 0 saturated carbocycles. The third-order valence-corrected chi connectivity index (χ3v) is 2.13. The summed E-state index contributed by atoms with van der Waals surface area (Å²) < 4.78 is 1.93. The number of rotatable bonds is 3. The Kier molecular flexibility index (Phi) is 4.08. The van der Waals surface area contributed by atoms with E-state index in [0.717, 1.165) is 5.56 Å². The van der Waals surface area contributed by atoms with Crippen LogP contribution in [0.25, 0.3) is 0 Å². The summed E-state index contributed by atoms with van der Waals surface area (Å²) in [4.78, 5) is 14.5. The molecule has 2 aromatic rings. The van der Waals surface area contributed by atoms with Crippen LogP contribution in [0.4, 0.5) is 0 Å². The molecule has 0 aliphatic heterocycles. The molecule has 0 radical (unpaired) electrons. The predicted molar refractivity (Wildman–Crippen MR) is 62.0 cm³/mol. The first kappa shape index (κ1) is 12.3. The quantitative estimate of drug-likeness (QED) is 0.891. The van der Waals surface area contributed by atoms with Gasteiger partial charge in [-0.05, 0) is 17.7 Å². The van der Waals surface area contributed by atoms with E-state index >= 15 is 0 Å². The van der Waals surface area contributed by atoms with Crippen LogP contribution in [-0.2, 0) is 6.54 Å². The molecule has 84 valence electrons. The first-order valence-electron chi connectivity index (χ1n) is 4.54. The van der Waals surface area contributed by atoms with Gasteiger partial charge in [0.2, 0.25) is 0 Å². The number of halogens is 1. The van der Waals surface area contributed by atoms with Gasteiger partial charge in [-0.1, -0.05) is 12.1 Å². The molecule has 4 nitrogen and oxygen atoms in total. The van der Waals surface area contributed by atoms with Crippen LogP contribution in [0, 0.1) is 0 Å². The second-order valence-corrected chi connectivity index (χ2v) is 3.24. The molecule has 1 aromatic heterocycles. The second-order valence-electron chi connectivity index (χ2n) is 3.24. The SMILES string of the molecule is Cl.O=C(O)c1ccc(Cn2ccnc2)cc1. The molecule has 0 unspecified atom stereocenters. The number of hydrogen-bond acceptors (Lipinski definition) is 2. The maximum Gasteiger partial charge on any atom is 0.335 e. The summed E-state index contributed by atoms with van der Waals surface area (Å²) in [6, 6.07) is 6.83. The van der Waals surface area contributed by atoms with E-state index in [9.17, 15) is 4.79 Å². The molecule has 0 fully saturated rings. The first-order valence-corrected chi connectivity index (χ1v) is 4.54. The lowest BCUT2D eigenvalue weighted by Crippen LogP contribution is -1.99. The highest BCUT2D eigenvalue weighted by Crippen LogP contribution is 2.06. The van der Waals surface area contributed by atoms with Crippen molar-refractivity contribution in [1.82, 2.24) is 9.55 Å². The predicted octanol–water partition coefficient (Wildman–Crippen LogP) is 2.05. The molecule has 0 bridgehead atoms. The van der Waals surface area contributed by atoms with Gasteiger partial charge in [-0.3, -0.25) is 0 Å². The highest BCUT2D eigenvalue weighted by molar-refractivity contribution is 5.87. The molecular weight excluding hydrogens is 228 g/mol. The lowest BCUT2D eigenvalue weighted by molar-refractivity contribution is 0.0697. The molecule has 1 aromatic carbocycles. The third-order valence-electron chi connectivity index (χ3n) is 2.13.